The summed E-state index contributed by atoms with van der Waals surface area (Å²) < 4.78 is 27.0. The average molecular weight is 390 g/mol. The van der Waals surface area contributed by atoms with Gasteiger partial charge in [0.1, 0.15) is 0 Å². The normalized spacial score (nSPS) is 10.4. The summed E-state index contributed by atoms with van der Waals surface area (Å²) in [4.78, 5) is 35.5. The third-order valence-electron chi connectivity index (χ3n) is 3.42. The molecular formula is C19H20F2N4O3. The second-order valence-corrected chi connectivity index (χ2v) is 6.28. The number of anilines is 3. The molecule has 0 radical (unpaired) electrons. The molecule has 0 fully saturated rings. The minimum Gasteiger partial charge on any atom is -0.336 e. The van der Waals surface area contributed by atoms with Gasteiger partial charge in [-0.3, -0.25) is 9.59 Å². The van der Waals surface area contributed by atoms with Crippen LogP contribution in [0.25, 0.3) is 0 Å². The molecular weight excluding hydrogens is 370 g/mol. The van der Waals surface area contributed by atoms with Crippen molar-refractivity contribution in [3.05, 3.63) is 53.6 Å². The van der Waals surface area contributed by atoms with Crippen LogP contribution < -0.4 is 21.3 Å². The Labute approximate surface area is 160 Å². The van der Waals surface area contributed by atoms with Crippen molar-refractivity contribution in [3.8, 4) is 0 Å². The molecule has 2 aromatic carbocycles. The molecule has 0 aliphatic heterocycles. The number of halogens is 2. The lowest BCUT2D eigenvalue weighted by Gasteiger charge is -2.13. The molecule has 0 heterocycles. The Morgan fingerprint density at radius 3 is 2.07 bits per heavy atom. The highest BCUT2D eigenvalue weighted by molar-refractivity contribution is 6.07. The average Bonchev–Trinajstić information content (AvgIpc) is 2.58. The van der Waals surface area contributed by atoms with Crippen molar-refractivity contribution >= 4 is 34.9 Å². The highest BCUT2D eigenvalue weighted by Crippen LogP contribution is 2.26. The van der Waals surface area contributed by atoms with Crippen molar-refractivity contribution in [1.82, 2.24) is 5.32 Å². The van der Waals surface area contributed by atoms with Crippen molar-refractivity contribution in [2.45, 2.75) is 26.8 Å². The van der Waals surface area contributed by atoms with E-state index in [0.717, 1.165) is 12.1 Å². The van der Waals surface area contributed by atoms with Crippen molar-refractivity contribution in [3.63, 3.8) is 0 Å². The zero-order valence-electron chi connectivity index (χ0n) is 15.5. The number of urea groups is 1. The largest absolute Gasteiger partial charge is 0.336 e. The third kappa shape index (κ3) is 5.76. The Morgan fingerprint density at radius 1 is 0.893 bits per heavy atom. The predicted molar refractivity (Wildman–Crippen MR) is 102 cm³/mol. The summed E-state index contributed by atoms with van der Waals surface area (Å²) in [7, 11) is 0. The smallest absolute Gasteiger partial charge is 0.319 e. The Balaban J connectivity index is 2.21. The van der Waals surface area contributed by atoms with Gasteiger partial charge in [0.25, 0.3) is 5.91 Å². The molecule has 148 valence electrons. The minimum absolute atomic E-state index is 0.0629. The Morgan fingerprint density at radius 2 is 1.50 bits per heavy atom. The van der Waals surface area contributed by atoms with Crippen LogP contribution in [-0.2, 0) is 4.79 Å². The predicted octanol–water partition coefficient (Wildman–Crippen LogP) is 3.71. The van der Waals surface area contributed by atoms with Crippen molar-refractivity contribution < 1.29 is 23.2 Å². The molecule has 0 unspecified atom stereocenters. The molecule has 0 saturated carbocycles. The lowest BCUT2D eigenvalue weighted by atomic mass is 10.1. The first-order chi connectivity index (χ1) is 13.2. The van der Waals surface area contributed by atoms with Gasteiger partial charge < -0.3 is 21.3 Å². The van der Waals surface area contributed by atoms with E-state index in [0.29, 0.717) is 5.69 Å². The second-order valence-electron chi connectivity index (χ2n) is 6.28. The minimum atomic E-state index is -1.18. The van der Waals surface area contributed by atoms with Crippen LogP contribution in [0.4, 0.5) is 30.6 Å². The van der Waals surface area contributed by atoms with Gasteiger partial charge in [-0.15, -0.1) is 0 Å². The topological polar surface area (TPSA) is 99.3 Å². The summed E-state index contributed by atoms with van der Waals surface area (Å²) in [6.45, 7) is 4.81. The number of carbonyl (C=O) groups excluding carboxylic acids is 3. The van der Waals surface area contributed by atoms with Crippen molar-refractivity contribution in [2.75, 3.05) is 16.0 Å². The molecule has 0 saturated heterocycles. The summed E-state index contributed by atoms with van der Waals surface area (Å²) >= 11 is 0. The molecule has 7 nitrogen and oxygen atoms in total. The third-order valence-corrected chi connectivity index (χ3v) is 3.42. The van der Waals surface area contributed by atoms with E-state index in [4.69, 9.17) is 0 Å². The number of rotatable bonds is 5. The molecule has 4 N–H and O–H groups in total. The Hall–Kier alpha value is -3.49. The maximum atomic E-state index is 13.6. The van der Waals surface area contributed by atoms with Crippen LogP contribution in [0.3, 0.4) is 0 Å². The van der Waals surface area contributed by atoms with Gasteiger partial charge in [-0.2, -0.15) is 0 Å². The lowest BCUT2D eigenvalue weighted by molar-refractivity contribution is -0.114. The van der Waals surface area contributed by atoms with Gasteiger partial charge in [0.05, 0.1) is 11.4 Å². The van der Waals surface area contributed by atoms with Gasteiger partial charge >= 0.3 is 6.03 Å². The quantitative estimate of drug-likeness (QED) is 0.626. The van der Waals surface area contributed by atoms with Gasteiger partial charge in [-0.1, -0.05) is 6.07 Å². The maximum absolute atomic E-state index is 13.6. The number of amides is 4. The monoisotopic (exact) mass is 390 g/mol. The first kappa shape index (κ1) is 20.8. The maximum Gasteiger partial charge on any atom is 0.319 e. The van der Waals surface area contributed by atoms with Crippen LogP contribution in [0, 0.1) is 11.6 Å². The highest BCUT2D eigenvalue weighted by atomic mass is 19.2. The number of hydrogen-bond donors (Lipinski definition) is 4. The van der Waals surface area contributed by atoms with E-state index in [1.54, 1.807) is 26.0 Å². The highest BCUT2D eigenvalue weighted by Gasteiger charge is 2.15. The summed E-state index contributed by atoms with van der Waals surface area (Å²) in [6.07, 6.45) is 0. The molecule has 0 bridgehead atoms. The summed E-state index contributed by atoms with van der Waals surface area (Å²) in [5.41, 5.74) is 0.361. The molecule has 4 amide bonds. The molecule has 0 spiro atoms. The molecule has 0 aliphatic carbocycles. The van der Waals surface area contributed by atoms with Crippen LogP contribution >= 0.6 is 0 Å². The van der Waals surface area contributed by atoms with Gasteiger partial charge in [0, 0.05) is 36.3 Å². The number of benzene rings is 2. The lowest BCUT2D eigenvalue weighted by Crippen LogP contribution is -2.34. The van der Waals surface area contributed by atoms with E-state index in [1.807, 2.05) is 0 Å². The number of carbonyl (C=O) groups is 3. The van der Waals surface area contributed by atoms with E-state index >= 15 is 0 Å². The molecule has 28 heavy (non-hydrogen) atoms. The fraction of sp³-hybridized carbons (Fsp3) is 0.211. The molecule has 2 rings (SSSR count). The van der Waals surface area contributed by atoms with Crippen LogP contribution in [0.15, 0.2) is 36.4 Å². The summed E-state index contributed by atoms with van der Waals surface area (Å²) in [5, 5.41) is 9.99. The fourth-order valence-electron chi connectivity index (χ4n) is 2.31. The molecule has 0 atom stereocenters. The van der Waals surface area contributed by atoms with Crippen LogP contribution in [0.1, 0.15) is 31.1 Å². The van der Waals surface area contributed by atoms with Gasteiger partial charge in [-0.05, 0) is 32.0 Å². The zero-order valence-corrected chi connectivity index (χ0v) is 15.5. The van der Waals surface area contributed by atoms with E-state index in [9.17, 15) is 23.2 Å². The number of hydrogen-bond acceptors (Lipinski definition) is 3. The van der Waals surface area contributed by atoms with Crippen LogP contribution in [0.5, 0.6) is 0 Å². The zero-order chi connectivity index (χ0) is 20.8. The first-order valence-electron chi connectivity index (χ1n) is 8.41. The van der Waals surface area contributed by atoms with Crippen molar-refractivity contribution in [1.29, 1.82) is 0 Å². The van der Waals surface area contributed by atoms with E-state index < -0.39 is 29.5 Å². The van der Waals surface area contributed by atoms with Crippen LogP contribution in [-0.4, -0.2) is 23.9 Å². The molecule has 0 aromatic heterocycles. The van der Waals surface area contributed by atoms with E-state index in [2.05, 4.69) is 21.3 Å². The van der Waals surface area contributed by atoms with Crippen molar-refractivity contribution in [2.24, 2.45) is 0 Å². The Bertz CT molecular complexity index is 916. The second kappa shape index (κ2) is 8.94. The summed E-state index contributed by atoms with van der Waals surface area (Å²) in [6, 6.07) is 7.12. The summed E-state index contributed by atoms with van der Waals surface area (Å²) in [5.74, 6) is -3.48. The number of nitrogens with one attached hydrogen (secondary N) is 4. The molecule has 2 aromatic rings. The van der Waals surface area contributed by atoms with Crippen LogP contribution in [0.2, 0.25) is 0 Å². The van der Waals surface area contributed by atoms with E-state index in [1.165, 1.54) is 19.1 Å². The van der Waals surface area contributed by atoms with Gasteiger partial charge in [-0.25, -0.2) is 13.6 Å². The van der Waals surface area contributed by atoms with Gasteiger partial charge in [0.2, 0.25) is 5.91 Å². The van der Waals surface area contributed by atoms with E-state index in [-0.39, 0.29) is 23.0 Å². The SMILES string of the molecule is CC(=O)Nc1cc(F)c(F)cc1NC(=O)c1cccc(NC(=O)NC(C)C)c1. The molecule has 0 aliphatic rings. The van der Waals surface area contributed by atoms with Gasteiger partial charge in [0.15, 0.2) is 11.6 Å². The fourth-order valence-corrected chi connectivity index (χ4v) is 2.31. The first-order valence-corrected chi connectivity index (χ1v) is 8.41. The molecule has 9 heteroatoms. The Kier molecular flexibility index (Phi) is 6.64. The standard InChI is InChI=1S/C19H20F2N4O3/c1-10(2)22-19(28)24-13-6-4-5-12(7-13)18(27)25-17-9-15(21)14(20)8-16(17)23-11(3)26/h4-10H,1-3H3,(H,23,26)(H,25,27)(H2,22,24,28).